The molecule has 0 aromatic heterocycles. The maximum atomic E-state index is 6.01. The molecule has 1 saturated heterocycles. The van der Waals surface area contributed by atoms with E-state index in [9.17, 15) is 0 Å². The Bertz CT molecular complexity index is 335. The number of nitrogens with zero attached hydrogens (tertiary/aromatic N) is 1. The highest BCUT2D eigenvalue weighted by atomic mass is 15.2. The van der Waals surface area contributed by atoms with Gasteiger partial charge in [-0.25, -0.2) is 0 Å². The first-order valence-electron chi connectivity index (χ1n) is 5.79. The van der Waals surface area contributed by atoms with Crippen molar-refractivity contribution in [2.45, 2.75) is 32.7 Å². The lowest BCUT2D eigenvalue weighted by Crippen LogP contribution is -2.40. The molecule has 1 heterocycles. The van der Waals surface area contributed by atoms with Gasteiger partial charge in [0, 0.05) is 12.6 Å². The van der Waals surface area contributed by atoms with E-state index in [4.69, 9.17) is 5.73 Å². The van der Waals surface area contributed by atoms with Gasteiger partial charge in [-0.05, 0) is 37.8 Å². The SMILES string of the molecule is CC1CCN(c2ccccc2N)C(C)C1. The number of piperidine rings is 1. The fraction of sp³-hybridized carbons (Fsp3) is 0.538. The van der Waals surface area contributed by atoms with Gasteiger partial charge in [0.25, 0.3) is 0 Å². The van der Waals surface area contributed by atoms with E-state index >= 15 is 0 Å². The highest BCUT2D eigenvalue weighted by Crippen LogP contribution is 2.31. The highest BCUT2D eigenvalue weighted by Gasteiger charge is 2.23. The summed E-state index contributed by atoms with van der Waals surface area (Å²) < 4.78 is 0. The van der Waals surface area contributed by atoms with Crippen LogP contribution >= 0.6 is 0 Å². The molecule has 0 radical (unpaired) electrons. The number of benzene rings is 1. The van der Waals surface area contributed by atoms with Crippen LogP contribution in [0.2, 0.25) is 0 Å². The molecule has 82 valence electrons. The van der Waals surface area contributed by atoms with Gasteiger partial charge in [-0.2, -0.15) is 0 Å². The fourth-order valence-corrected chi connectivity index (χ4v) is 2.51. The van der Waals surface area contributed by atoms with E-state index in [1.807, 2.05) is 12.1 Å². The minimum Gasteiger partial charge on any atom is -0.397 e. The van der Waals surface area contributed by atoms with Gasteiger partial charge in [-0.15, -0.1) is 0 Å². The maximum absolute atomic E-state index is 6.01. The van der Waals surface area contributed by atoms with E-state index in [0.29, 0.717) is 6.04 Å². The van der Waals surface area contributed by atoms with Crippen molar-refractivity contribution in [1.29, 1.82) is 0 Å². The largest absolute Gasteiger partial charge is 0.397 e. The first-order chi connectivity index (χ1) is 7.18. The zero-order valence-electron chi connectivity index (χ0n) is 9.61. The van der Waals surface area contributed by atoms with Gasteiger partial charge in [-0.1, -0.05) is 19.1 Å². The predicted octanol–water partition coefficient (Wildman–Crippen LogP) is 2.89. The summed E-state index contributed by atoms with van der Waals surface area (Å²) in [5.74, 6) is 0.848. The summed E-state index contributed by atoms with van der Waals surface area (Å²) in [6.07, 6.45) is 2.55. The summed E-state index contributed by atoms with van der Waals surface area (Å²) in [5.41, 5.74) is 8.11. The van der Waals surface area contributed by atoms with Crippen molar-refractivity contribution in [3.8, 4) is 0 Å². The van der Waals surface area contributed by atoms with Gasteiger partial charge in [-0.3, -0.25) is 0 Å². The standard InChI is InChI=1S/C13H20N2/c1-10-7-8-15(11(2)9-10)13-6-4-3-5-12(13)14/h3-6,10-11H,7-9,14H2,1-2H3. The normalized spacial score (nSPS) is 26.7. The van der Waals surface area contributed by atoms with Crippen LogP contribution in [0.5, 0.6) is 0 Å². The first-order valence-corrected chi connectivity index (χ1v) is 5.79. The van der Waals surface area contributed by atoms with Gasteiger partial charge in [0.15, 0.2) is 0 Å². The van der Waals surface area contributed by atoms with Crippen molar-refractivity contribution >= 4 is 11.4 Å². The predicted molar refractivity (Wildman–Crippen MR) is 66.1 cm³/mol. The molecule has 0 aliphatic carbocycles. The van der Waals surface area contributed by atoms with Crippen LogP contribution in [-0.2, 0) is 0 Å². The Balaban J connectivity index is 2.20. The maximum Gasteiger partial charge on any atom is 0.0602 e. The van der Waals surface area contributed by atoms with E-state index in [-0.39, 0.29) is 0 Å². The smallest absolute Gasteiger partial charge is 0.0602 e. The summed E-state index contributed by atoms with van der Waals surface area (Å²) in [6.45, 7) is 5.76. The molecule has 15 heavy (non-hydrogen) atoms. The Kier molecular flexibility index (Phi) is 2.85. The summed E-state index contributed by atoms with van der Waals surface area (Å²) in [4.78, 5) is 2.44. The molecule has 2 atom stereocenters. The summed E-state index contributed by atoms with van der Waals surface area (Å²) >= 11 is 0. The van der Waals surface area contributed by atoms with Crippen molar-refractivity contribution in [3.63, 3.8) is 0 Å². The molecule has 1 fully saturated rings. The Morgan fingerprint density at radius 3 is 2.67 bits per heavy atom. The molecule has 2 rings (SSSR count). The Morgan fingerprint density at radius 2 is 2.00 bits per heavy atom. The van der Waals surface area contributed by atoms with E-state index < -0.39 is 0 Å². The molecule has 2 N–H and O–H groups in total. The Hall–Kier alpha value is -1.18. The van der Waals surface area contributed by atoms with Gasteiger partial charge in [0.1, 0.15) is 0 Å². The Labute approximate surface area is 92.1 Å². The molecule has 0 bridgehead atoms. The molecule has 2 heteroatoms. The molecule has 0 amide bonds. The van der Waals surface area contributed by atoms with Crippen LogP contribution in [0.3, 0.4) is 0 Å². The van der Waals surface area contributed by atoms with Crippen molar-refractivity contribution < 1.29 is 0 Å². The molecule has 2 unspecified atom stereocenters. The molecule has 1 aromatic carbocycles. The monoisotopic (exact) mass is 204 g/mol. The molecule has 0 spiro atoms. The first kappa shape index (κ1) is 10.3. The molecule has 1 aliphatic rings. The number of rotatable bonds is 1. The van der Waals surface area contributed by atoms with E-state index in [1.165, 1.54) is 18.5 Å². The van der Waals surface area contributed by atoms with Crippen molar-refractivity contribution in [3.05, 3.63) is 24.3 Å². The third-order valence-electron chi connectivity index (χ3n) is 3.38. The zero-order chi connectivity index (χ0) is 10.8. The van der Waals surface area contributed by atoms with Crippen molar-refractivity contribution in [2.75, 3.05) is 17.2 Å². The van der Waals surface area contributed by atoms with Gasteiger partial charge < -0.3 is 10.6 Å². The van der Waals surface area contributed by atoms with Crippen LogP contribution in [0.15, 0.2) is 24.3 Å². The average molecular weight is 204 g/mol. The van der Waals surface area contributed by atoms with Gasteiger partial charge >= 0.3 is 0 Å². The fourth-order valence-electron chi connectivity index (χ4n) is 2.51. The molecular formula is C13H20N2. The molecular weight excluding hydrogens is 184 g/mol. The lowest BCUT2D eigenvalue weighted by molar-refractivity contribution is 0.378. The van der Waals surface area contributed by atoms with Crippen molar-refractivity contribution in [1.82, 2.24) is 0 Å². The number of hydrogen-bond acceptors (Lipinski definition) is 2. The minimum absolute atomic E-state index is 0.610. The third kappa shape index (κ3) is 2.09. The van der Waals surface area contributed by atoms with E-state index in [1.54, 1.807) is 0 Å². The van der Waals surface area contributed by atoms with Crippen LogP contribution in [0.25, 0.3) is 0 Å². The molecule has 2 nitrogen and oxygen atoms in total. The number of anilines is 2. The van der Waals surface area contributed by atoms with Gasteiger partial charge in [0.05, 0.1) is 11.4 Å². The molecule has 0 saturated carbocycles. The summed E-state index contributed by atoms with van der Waals surface area (Å²) in [6, 6.07) is 8.78. The van der Waals surface area contributed by atoms with Crippen LogP contribution in [0.4, 0.5) is 11.4 Å². The summed E-state index contributed by atoms with van der Waals surface area (Å²) in [7, 11) is 0. The van der Waals surface area contributed by atoms with E-state index in [0.717, 1.165) is 18.2 Å². The summed E-state index contributed by atoms with van der Waals surface area (Å²) in [5, 5.41) is 0. The number of nitrogens with two attached hydrogens (primary N) is 1. The second-order valence-electron chi connectivity index (χ2n) is 4.73. The average Bonchev–Trinajstić information content (AvgIpc) is 2.20. The number of para-hydroxylation sites is 2. The number of nitrogen functional groups attached to an aromatic ring is 1. The third-order valence-corrected chi connectivity index (χ3v) is 3.38. The van der Waals surface area contributed by atoms with Crippen LogP contribution in [0.1, 0.15) is 26.7 Å². The van der Waals surface area contributed by atoms with Crippen LogP contribution < -0.4 is 10.6 Å². The lowest BCUT2D eigenvalue weighted by Gasteiger charge is -2.38. The quantitative estimate of drug-likeness (QED) is 0.713. The molecule has 1 aliphatic heterocycles. The minimum atomic E-state index is 0.610. The molecule has 1 aromatic rings. The zero-order valence-corrected chi connectivity index (χ0v) is 9.61. The highest BCUT2D eigenvalue weighted by molar-refractivity contribution is 5.67. The van der Waals surface area contributed by atoms with Crippen LogP contribution in [0, 0.1) is 5.92 Å². The Morgan fingerprint density at radius 1 is 1.27 bits per heavy atom. The number of hydrogen-bond donors (Lipinski definition) is 1. The second-order valence-corrected chi connectivity index (χ2v) is 4.73. The van der Waals surface area contributed by atoms with Crippen molar-refractivity contribution in [2.24, 2.45) is 5.92 Å². The topological polar surface area (TPSA) is 29.3 Å². The second kappa shape index (κ2) is 4.13. The van der Waals surface area contributed by atoms with E-state index in [2.05, 4.69) is 30.9 Å². The van der Waals surface area contributed by atoms with Crippen LogP contribution in [-0.4, -0.2) is 12.6 Å². The van der Waals surface area contributed by atoms with Gasteiger partial charge in [0.2, 0.25) is 0 Å². The lowest BCUT2D eigenvalue weighted by atomic mass is 9.93.